The van der Waals surface area contributed by atoms with E-state index in [1.165, 1.54) is 0 Å². The Morgan fingerprint density at radius 2 is 2.25 bits per heavy atom. The predicted octanol–water partition coefficient (Wildman–Crippen LogP) is 0.904. The summed E-state index contributed by atoms with van der Waals surface area (Å²) in [7, 11) is 0. The van der Waals surface area contributed by atoms with Crippen molar-refractivity contribution in [3.8, 4) is 0 Å². The van der Waals surface area contributed by atoms with Crippen LogP contribution < -0.4 is 16.0 Å². The highest BCUT2D eigenvalue weighted by Gasteiger charge is 2.16. The molecule has 0 spiro atoms. The van der Waals surface area contributed by atoms with Gasteiger partial charge in [0.25, 0.3) is 0 Å². The van der Waals surface area contributed by atoms with E-state index in [0.717, 1.165) is 36.4 Å². The molecule has 1 aromatic carbocycles. The number of nitrogens with zero attached hydrogens (tertiary/aromatic N) is 1. The minimum absolute atomic E-state index is 0.0680. The molecule has 1 aromatic rings. The van der Waals surface area contributed by atoms with Crippen molar-refractivity contribution in [2.24, 2.45) is 0 Å². The maximum absolute atomic E-state index is 11.5. The van der Waals surface area contributed by atoms with E-state index in [0.29, 0.717) is 6.54 Å². The number of hydrogen-bond donors (Lipinski definition) is 2. The Kier molecular flexibility index (Phi) is 2.99. The number of nitrogen functional groups attached to an aromatic ring is 1. The van der Waals surface area contributed by atoms with Gasteiger partial charge in [-0.1, -0.05) is 6.07 Å². The number of anilines is 2. The first kappa shape index (κ1) is 10.8. The molecule has 4 nitrogen and oxygen atoms in total. The number of aryl methyl sites for hydroxylation is 1. The molecule has 1 aliphatic heterocycles. The van der Waals surface area contributed by atoms with Crippen molar-refractivity contribution in [2.75, 3.05) is 30.3 Å². The van der Waals surface area contributed by atoms with Gasteiger partial charge in [-0.2, -0.15) is 0 Å². The van der Waals surface area contributed by atoms with Gasteiger partial charge in [0, 0.05) is 13.1 Å². The van der Waals surface area contributed by atoms with E-state index in [9.17, 15) is 4.79 Å². The van der Waals surface area contributed by atoms with Gasteiger partial charge >= 0.3 is 0 Å². The predicted molar refractivity (Wildman–Crippen MR) is 65.4 cm³/mol. The molecule has 0 unspecified atom stereocenters. The minimum Gasteiger partial charge on any atom is -0.397 e. The van der Waals surface area contributed by atoms with Gasteiger partial charge in [-0.3, -0.25) is 4.79 Å². The molecule has 4 heteroatoms. The third kappa shape index (κ3) is 2.27. The van der Waals surface area contributed by atoms with Crippen LogP contribution in [0.1, 0.15) is 12.0 Å². The zero-order valence-electron chi connectivity index (χ0n) is 9.49. The average Bonchev–Trinajstić information content (AvgIpc) is 2.46. The van der Waals surface area contributed by atoms with Gasteiger partial charge < -0.3 is 16.0 Å². The number of carbonyl (C=O) groups excluding carboxylic acids is 1. The molecule has 0 bridgehead atoms. The quantitative estimate of drug-likeness (QED) is 0.690. The molecule has 0 atom stereocenters. The Morgan fingerprint density at radius 1 is 1.44 bits per heavy atom. The number of nitrogens with two attached hydrogens (primary N) is 1. The van der Waals surface area contributed by atoms with Gasteiger partial charge in [0.15, 0.2) is 0 Å². The van der Waals surface area contributed by atoms with Crippen LogP contribution in [0.3, 0.4) is 0 Å². The number of benzene rings is 1. The van der Waals surface area contributed by atoms with E-state index in [1.807, 2.05) is 30.0 Å². The van der Waals surface area contributed by atoms with Gasteiger partial charge in [0.2, 0.25) is 5.91 Å². The second kappa shape index (κ2) is 4.43. The van der Waals surface area contributed by atoms with Crippen LogP contribution in [0.15, 0.2) is 18.2 Å². The van der Waals surface area contributed by atoms with Crippen LogP contribution in [0, 0.1) is 6.92 Å². The molecule has 3 N–H and O–H groups in total. The first-order valence-corrected chi connectivity index (χ1v) is 5.54. The first-order valence-electron chi connectivity index (χ1n) is 5.54. The average molecular weight is 219 g/mol. The van der Waals surface area contributed by atoms with E-state index < -0.39 is 0 Å². The van der Waals surface area contributed by atoms with Gasteiger partial charge in [-0.05, 0) is 31.0 Å². The van der Waals surface area contributed by atoms with E-state index >= 15 is 0 Å². The highest BCUT2D eigenvalue weighted by atomic mass is 16.2. The maximum Gasteiger partial charge on any atom is 0.239 e. The number of amides is 1. The summed E-state index contributed by atoms with van der Waals surface area (Å²) >= 11 is 0. The van der Waals surface area contributed by atoms with Crippen molar-refractivity contribution >= 4 is 17.3 Å². The molecule has 0 aromatic heterocycles. The largest absolute Gasteiger partial charge is 0.397 e. The molecule has 0 saturated carbocycles. The SMILES string of the molecule is Cc1ccc(N)c(N2CCCNC(=O)C2)c1. The standard InChI is InChI=1S/C12H17N3O/c1-9-3-4-10(13)11(7-9)15-6-2-5-14-12(16)8-15/h3-4,7H,2,5-6,8,13H2,1H3,(H,14,16). The molecule has 1 amide bonds. The second-order valence-corrected chi connectivity index (χ2v) is 4.19. The summed E-state index contributed by atoms with van der Waals surface area (Å²) in [6, 6.07) is 5.91. The van der Waals surface area contributed by atoms with Crippen LogP contribution in [0.25, 0.3) is 0 Å². The van der Waals surface area contributed by atoms with Gasteiger partial charge in [0.05, 0.1) is 17.9 Å². The van der Waals surface area contributed by atoms with Gasteiger partial charge in [-0.25, -0.2) is 0 Å². The van der Waals surface area contributed by atoms with Crippen LogP contribution in [0.4, 0.5) is 11.4 Å². The number of carbonyl (C=O) groups is 1. The number of hydrogen-bond acceptors (Lipinski definition) is 3. The van der Waals surface area contributed by atoms with Crippen LogP contribution in [-0.2, 0) is 4.79 Å². The van der Waals surface area contributed by atoms with Gasteiger partial charge in [0.1, 0.15) is 0 Å². The normalized spacial score (nSPS) is 16.8. The van der Waals surface area contributed by atoms with E-state index in [2.05, 4.69) is 5.32 Å². The zero-order chi connectivity index (χ0) is 11.5. The van der Waals surface area contributed by atoms with Crippen LogP contribution in [0.2, 0.25) is 0 Å². The maximum atomic E-state index is 11.5. The lowest BCUT2D eigenvalue weighted by Gasteiger charge is -2.23. The van der Waals surface area contributed by atoms with Gasteiger partial charge in [-0.15, -0.1) is 0 Å². The Labute approximate surface area is 95.4 Å². The Bertz CT molecular complexity index is 403. The molecule has 16 heavy (non-hydrogen) atoms. The lowest BCUT2D eigenvalue weighted by Crippen LogP contribution is -2.33. The summed E-state index contributed by atoms with van der Waals surface area (Å²) in [5, 5.41) is 2.86. The number of nitrogens with one attached hydrogen (secondary N) is 1. The van der Waals surface area contributed by atoms with Crippen molar-refractivity contribution in [2.45, 2.75) is 13.3 Å². The molecule has 1 saturated heterocycles. The second-order valence-electron chi connectivity index (χ2n) is 4.19. The van der Waals surface area contributed by atoms with Crippen molar-refractivity contribution in [1.82, 2.24) is 5.32 Å². The van der Waals surface area contributed by atoms with Crippen molar-refractivity contribution < 1.29 is 4.79 Å². The summed E-state index contributed by atoms with van der Waals surface area (Å²) in [4.78, 5) is 13.5. The van der Waals surface area contributed by atoms with Crippen molar-refractivity contribution in [3.05, 3.63) is 23.8 Å². The topological polar surface area (TPSA) is 58.4 Å². The molecule has 86 valence electrons. The summed E-state index contributed by atoms with van der Waals surface area (Å²) in [6.07, 6.45) is 0.957. The fraction of sp³-hybridized carbons (Fsp3) is 0.417. The Morgan fingerprint density at radius 3 is 3.06 bits per heavy atom. The summed E-state index contributed by atoms with van der Waals surface area (Å²) in [5.41, 5.74) is 8.81. The van der Waals surface area contributed by atoms with E-state index in [4.69, 9.17) is 5.73 Å². The fourth-order valence-electron chi connectivity index (χ4n) is 1.94. The van der Waals surface area contributed by atoms with E-state index in [1.54, 1.807) is 0 Å². The van der Waals surface area contributed by atoms with Crippen molar-refractivity contribution in [3.63, 3.8) is 0 Å². The van der Waals surface area contributed by atoms with Crippen LogP contribution >= 0.6 is 0 Å². The third-order valence-corrected chi connectivity index (χ3v) is 2.79. The molecule has 1 aliphatic rings. The lowest BCUT2D eigenvalue weighted by molar-refractivity contribution is -0.119. The number of rotatable bonds is 1. The monoisotopic (exact) mass is 219 g/mol. The highest BCUT2D eigenvalue weighted by Crippen LogP contribution is 2.24. The Balaban J connectivity index is 2.27. The Hall–Kier alpha value is -1.71. The minimum atomic E-state index is 0.0680. The summed E-state index contributed by atoms with van der Waals surface area (Å²) in [5.74, 6) is 0.0680. The third-order valence-electron chi connectivity index (χ3n) is 2.79. The van der Waals surface area contributed by atoms with Crippen molar-refractivity contribution in [1.29, 1.82) is 0 Å². The molecule has 1 fully saturated rings. The van der Waals surface area contributed by atoms with E-state index in [-0.39, 0.29) is 5.91 Å². The molecule has 0 radical (unpaired) electrons. The smallest absolute Gasteiger partial charge is 0.239 e. The molecule has 1 heterocycles. The molecular formula is C12H17N3O. The van der Waals surface area contributed by atoms with Crippen LogP contribution in [-0.4, -0.2) is 25.5 Å². The first-order chi connectivity index (χ1) is 7.66. The summed E-state index contributed by atoms with van der Waals surface area (Å²) < 4.78 is 0. The molecule has 2 rings (SSSR count). The zero-order valence-corrected chi connectivity index (χ0v) is 9.49. The molecule has 0 aliphatic carbocycles. The highest BCUT2D eigenvalue weighted by molar-refractivity contribution is 5.83. The lowest BCUT2D eigenvalue weighted by atomic mass is 10.1. The van der Waals surface area contributed by atoms with Crippen LogP contribution in [0.5, 0.6) is 0 Å². The fourth-order valence-corrected chi connectivity index (χ4v) is 1.94. The molecular weight excluding hydrogens is 202 g/mol. The summed E-state index contributed by atoms with van der Waals surface area (Å²) in [6.45, 7) is 4.04.